The fraction of sp³-hybridized carbons (Fsp3) is 0.842. The van der Waals surface area contributed by atoms with Crippen molar-refractivity contribution in [2.45, 2.75) is 53.1 Å². The second-order valence-corrected chi connectivity index (χ2v) is 7.37. The highest BCUT2D eigenvalue weighted by atomic mass is 16.5. The molecule has 0 amide bonds. The predicted octanol–water partition coefficient (Wildman–Crippen LogP) is 1.14. The second-order valence-electron chi connectivity index (χ2n) is 7.37. The lowest BCUT2D eigenvalue weighted by molar-refractivity contribution is 0.0143. The first-order valence-corrected chi connectivity index (χ1v) is 10.3. The van der Waals surface area contributed by atoms with Gasteiger partial charge in [0, 0.05) is 45.2 Å². The molecule has 1 unspecified atom stereocenters. The summed E-state index contributed by atoms with van der Waals surface area (Å²) in [5, 5.41) is 14.9. The Bertz CT molecular complexity index is 552. The molecule has 27 heavy (non-hydrogen) atoms. The van der Waals surface area contributed by atoms with Gasteiger partial charge in [-0.15, -0.1) is 10.2 Å². The lowest BCUT2D eigenvalue weighted by Crippen LogP contribution is -2.46. The molecule has 2 rings (SSSR count). The van der Waals surface area contributed by atoms with Gasteiger partial charge < -0.3 is 19.9 Å². The molecule has 0 saturated carbocycles. The predicted molar refractivity (Wildman–Crippen MR) is 109 cm³/mol. The molecule has 8 nitrogen and oxygen atoms in total. The first kappa shape index (κ1) is 21.6. The summed E-state index contributed by atoms with van der Waals surface area (Å²) >= 11 is 0. The van der Waals surface area contributed by atoms with Gasteiger partial charge in [0.05, 0.1) is 19.8 Å². The van der Waals surface area contributed by atoms with Crippen LogP contribution >= 0.6 is 0 Å². The Morgan fingerprint density at radius 2 is 2.04 bits per heavy atom. The summed E-state index contributed by atoms with van der Waals surface area (Å²) in [5.41, 5.74) is 0. The average Bonchev–Trinajstić information content (AvgIpc) is 3.13. The number of rotatable bonds is 10. The van der Waals surface area contributed by atoms with Gasteiger partial charge in [-0.1, -0.05) is 20.8 Å². The minimum Gasteiger partial charge on any atom is -0.379 e. The molecule has 1 aliphatic rings. The summed E-state index contributed by atoms with van der Waals surface area (Å²) in [6, 6.07) is 0.467. The van der Waals surface area contributed by atoms with Crippen molar-refractivity contribution in [1.29, 1.82) is 0 Å². The quantitative estimate of drug-likeness (QED) is 0.469. The van der Waals surface area contributed by atoms with Crippen LogP contribution in [0.1, 0.15) is 39.9 Å². The zero-order chi connectivity index (χ0) is 19.5. The number of ether oxygens (including phenoxy) is 1. The van der Waals surface area contributed by atoms with Crippen molar-refractivity contribution in [3.8, 4) is 0 Å². The molecule has 0 spiro atoms. The van der Waals surface area contributed by atoms with E-state index >= 15 is 0 Å². The molecule has 1 aromatic rings. The Kier molecular flexibility index (Phi) is 9.55. The molecule has 0 radical (unpaired) electrons. The number of aryl methyl sites for hydroxylation is 1. The molecule has 0 aromatic carbocycles. The molecule has 1 saturated heterocycles. The molecule has 2 N–H and O–H groups in total. The van der Waals surface area contributed by atoms with Crippen LogP contribution in [0.5, 0.6) is 0 Å². The number of hydrogen-bond acceptors (Lipinski definition) is 5. The van der Waals surface area contributed by atoms with Gasteiger partial charge >= 0.3 is 0 Å². The molecule has 154 valence electrons. The minimum atomic E-state index is 0.467. The molecular weight excluding hydrogens is 342 g/mol. The van der Waals surface area contributed by atoms with Gasteiger partial charge in [0.15, 0.2) is 5.96 Å². The normalized spacial score (nSPS) is 17.3. The van der Waals surface area contributed by atoms with Crippen molar-refractivity contribution < 1.29 is 4.74 Å². The van der Waals surface area contributed by atoms with Crippen LogP contribution in [0.25, 0.3) is 0 Å². The van der Waals surface area contributed by atoms with Gasteiger partial charge in [-0.2, -0.15) is 0 Å². The zero-order valence-electron chi connectivity index (χ0n) is 17.4. The van der Waals surface area contributed by atoms with E-state index in [0.717, 1.165) is 77.1 Å². The number of aromatic nitrogens is 3. The van der Waals surface area contributed by atoms with Crippen molar-refractivity contribution in [2.75, 3.05) is 45.9 Å². The van der Waals surface area contributed by atoms with E-state index in [1.54, 1.807) is 6.33 Å². The molecule has 2 heterocycles. The monoisotopic (exact) mass is 379 g/mol. The number of aliphatic imine (C=N–C) groups is 1. The summed E-state index contributed by atoms with van der Waals surface area (Å²) in [7, 11) is 0. The van der Waals surface area contributed by atoms with Gasteiger partial charge in [-0.3, -0.25) is 9.89 Å². The summed E-state index contributed by atoms with van der Waals surface area (Å²) in [4.78, 5) is 7.40. The van der Waals surface area contributed by atoms with E-state index in [-0.39, 0.29) is 0 Å². The first-order valence-electron chi connectivity index (χ1n) is 10.3. The van der Waals surface area contributed by atoms with E-state index in [0.29, 0.717) is 12.0 Å². The molecule has 8 heteroatoms. The average molecular weight is 380 g/mol. The van der Waals surface area contributed by atoms with Crippen molar-refractivity contribution >= 4 is 5.96 Å². The topological polar surface area (TPSA) is 79.6 Å². The van der Waals surface area contributed by atoms with Gasteiger partial charge in [-0.05, 0) is 19.3 Å². The lowest BCUT2D eigenvalue weighted by Gasteiger charge is -2.34. The van der Waals surface area contributed by atoms with Gasteiger partial charge in [0.2, 0.25) is 0 Å². The SMILES string of the molecule is CCNC(=NCC(CC(C)C)N1CCOCC1)NCCn1cnnc1CC. The number of nitrogens with zero attached hydrogens (tertiary/aromatic N) is 5. The van der Waals surface area contributed by atoms with E-state index in [1.165, 1.54) is 0 Å². The lowest BCUT2D eigenvalue weighted by atomic mass is 10.0. The van der Waals surface area contributed by atoms with Crippen molar-refractivity contribution in [3.05, 3.63) is 12.2 Å². The molecule has 0 aliphatic carbocycles. The van der Waals surface area contributed by atoms with Crippen LogP contribution in [0.3, 0.4) is 0 Å². The third kappa shape index (κ3) is 7.46. The van der Waals surface area contributed by atoms with Gasteiger partial charge in [0.1, 0.15) is 12.2 Å². The molecular formula is C19H37N7O. The summed E-state index contributed by atoms with van der Waals surface area (Å²) in [6.07, 6.45) is 3.84. The molecule has 1 aromatic heterocycles. The van der Waals surface area contributed by atoms with Crippen LogP contribution in [0.4, 0.5) is 0 Å². The largest absolute Gasteiger partial charge is 0.379 e. The molecule has 1 fully saturated rings. The number of hydrogen-bond donors (Lipinski definition) is 2. The van der Waals surface area contributed by atoms with Crippen molar-refractivity contribution in [3.63, 3.8) is 0 Å². The highest BCUT2D eigenvalue weighted by Crippen LogP contribution is 2.14. The summed E-state index contributed by atoms with van der Waals surface area (Å²) < 4.78 is 7.60. The number of nitrogens with one attached hydrogen (secondary N) is 2. The zero-order valence-corrected chi connectivity index (χ0v) is 17.4. The third-order valence-electron chi connectivity index (χ3n) is 4.77. The Balaban J connectivity index is 1.90. The molecule has 1 atom stereocenters. The first-order chi connectivity index (χ1) is 13.1. The van der Waals surface area contributed by atoms with Gasteiger partial charge in [0.25, 0.3) is 0 Å². The van der Waals surface area contributed by atoms with E-state index in [2.05, 4.69) is 58.0 Å². The maximum absolute atomic E-state index is 5.51. The fourth-order valence-corrected chi connectivity index (χ4v) is 3.40. The van der Waals surface area contributed by atoms with Crippen molar-refractivity contribution in [2.24, 2.45) is 10.9 Å². The van der Waals surface area contributed by atoms with E-state index in [4.69, 9.17) is 9.73 Å². The molecule has 0 bridgehead atoms. The van der Waals surface area contributed by atoms with Crippen LogP contribution < -0.4 is 10.6 Å². The summed E-state index contributed by atoms with van der Waals surface area (Å²) in [6.45, 7) is 15.7. The van der Waals surface area contributed by atoms with Gasteiger partial charge in [-0.25, -0.2) is 0 Å². The third-order valence-corrected chi connectivity index (χ3v) is 4.77. The van der Waals surface area contributed by atoms with Crippen LogP contribution in [-0.2, 0) is 17.7 Å². The van der Waals surface area contributed by atoms with Crippen molar-refractivity contribution in [1.82, 2.24) is 30.3 Å². The maximum atomic E-state index is 5.51. The molecule has 1 aliphatic heterocycles. The van der Waals surface area contributed by atoms with Crippen LogP contribution in [-0.4, -0.2) is 77.6 Å². The van der Waals surface area contributed by atoms with Crippen LogP contribution in [0.2, 0.25) is 0 Å². The standard InChI is InChI=1S/C19H37N7O/c1-5-18-24-23-15-26(18)8-7-21-19(20-6-2)22-14-17(13-16(3)4)25-9-11-27-12-10-25/h15-17H,5-14H2,1-4H3,(H2,20,21,22). The van der Waals surface area contributed by atoms with Crippen LogP contribution in [0, 0.1) is 5.92 Å². The fourth-order valence-electron chi connectivity index (χ4n) is 3.40. The minimum absolute atomic E-state index is 0.467. The smallest absolute Gasteiger partial charge is 0.191 e. The van der Waals surface area contributed by atoms with E-state index in [1.807, 2.05) is 0 Å². The van der Waals surface area contributed by atoms with Crippen LogP contribution in [0.15, 0.2) is 11.3 Å². The number of guanidine groups is 1. The Morgan fingerprint density at radius 3 is 2.70 bits per heavy atom. The Labute approximate surface area is 163 Å². The maximum Gasteiger partial charge on any atom is 0.191 e. The highest BCUT2D eigenvalue weighted by Gasteiger charge is 2.21. The number of morpholine rings is 1. The van der Waals surface area contributed by atoms with E-state index < -0.39 is 0 Å². The second kappa shape index (κ2) is 11.9. The van der Waals surface area contributed by atoms with E-state index in [9.17, 15) is 0 Å². The Hall–Kier alpha value is -1.67. The highest BCUT2D eigenvalue weighted by molar-refractivity contribution is 5.79. The summed E-state index contributed by atoms with van der Waals surface area (Å²) in [5.74, 6) is 2.55. The Morgan fingerprint density at radius 1 is 1.26 bits per heavy atom.